The quantitative estimate of drug-likeness (QED) is 0.851. The van der Waals surface area contributed by atoms with Crippen molar-refractivity contribution in [1.82, 2.24) is 0 Å². The zero-order chi connectivity index (χ0) is 15.3. The molecular weight excluding hydrogens is 300 g/mol. The van der Waals surface area contributed by atoms with Gasteiger partial charge < -0.3 is 10.5 Å². The van der Waals surface area contributed by atoms with Crippen LogP contribution >= 0.6 is 0 Å². The number of sulfone groups is 1. The van der Waals surface area contributed by atoms with Crippen LogP contribution in [-0.4, -0.2) is 25.9 Å². The highest BCUT2D eigenvalue weighted by Gasteiger charge is 2.47. The Hall–Kier alpha value is -1.21. The Morgan fingerprint density at radius 2 is 1.86 bits per heavy atom. The van der Waals surface area contributed by atoms with E-state index >= 15 is 0 Å². The third-order valence-corrected chi connectivity index (χ3v) is 6.70. The van der Waals surface area contributed by atoms with Gasteiger partial charge in [-0.15, -0.1) is 0 Å². The highest BCUT2D eigenvalue weighted by molar-refractivity contribution is 7.92. The maximum Gasteiger partial charge on any atom is 0.187 e. The van der Waals surface area contributed by atoms with Crippen LogP contribution in [0.4, 0.5) is 14.5 Å². The smallest absolute Gasteiger partial charge is 0.187 e. The van der Waals surface area contributed by atoms with Gasteiger partial charge in [-0.1, -0.05) is 0 Å². The van der Waals surface area contributed by atoms with E-state index < -0.39 is 37.2 Å². The molecule has 4 nitrogen and oxygen atoms in total. The lowest BCUT2D eigenvalue weighted by Gasteiger charge is -2.46. The molecule has 1 unspecified atom stereocenters. The molecule has 2 fully saturated rings. The molecule has 1 spiro atoms. The Morgan fingerprint density at radius 1 is 1.24 bits per heavy atom. The Kier molecular flexibility index (Phi) is 3.44. The predicted octanol–water partition coefficient (Wildman–Crippen LogP) is 2.42. The van der Waals surface area contributed by atoms with E-state index in [1.807, 2.05) is 0 Å². The number of halogens is 2. The summed E-state index contributed by atoms with van der Waals surface area (Å²) in [6.45, 7) is 0.308. The van der Waals surface area contributed by atoms with Crippen LogP contribution < -0.4 is 5.73 Å². The molecule has 0 bridgehead atoms. The molecule has 1 aliphatic carbocycles. The molecular formula is C14H17F2NO3S. The van der Waals surface area contributed by atoms with E-state index in [1.165, 1.54) is 0 Å². The average molecular weight is 317 g/mol. The summed E-state index contributed by atoms with van der Waals surface area (Å²) in [6.07, 6.45) is 3.18. The van der Waals surface area contributed by atoms with Crippen LogP contribution in [0.15, 0.2) is 17.0 Å². The van der Waals surface area contributed by atoms with Crippen LogP contribution in [0.5, 0.6) is 0 Å². The van der Waals surface area contributed by atoms with E-state index in [2.05, 4.69) is 0 Å². The summed E-state index contributed by atoms with van der Waals surface area (Å²) < 4.78 is 58.7. The fourth-order valence-electron chi connectivity index (χ4n) is 3.19. The van der Waals surface area contributed by atoms with Crippen molar-refractivity contribution in [2.75, 3.05) is 12.3 Å². The Labute approximate surface area is 122 Å². The lowest BCUT2D eigenvalue weighted by atomic mass is 9.75. The van der Waals surface area contributed by atoms with E-state index in [0.29, 0.717) is 13.0 Å². The molecule has 116 valence electrons. The average Bonchev–Trinajstić information content (AvgIpc) is 2.35. The zero-order valence-corrected chi connectivity index (χ0v) is 12.3. The van der Waals surface area contributed by atoms with Gasteiger partial charge in [0.2, 0.25) is 0 Å². The van der Waals surface area contributed by atoms with E-state index in [0.717, 1.165) is 31.4 Å². The normalized spacial score (nSPS) is 24.8. The largest absolute Gasteiger partial charge is 0.399 e. The molecule has 7 heteroatoms. The standard InChI is InChI=1S/C14H17F2NO3S/c15-11-6-9(17)7-12(16)13(11)21(18,19)10-2-5-20-14(8-10)3-1-4-14/h6-7,10H,1-5,8,17H2. The van der Waals surface area contributed by atoms with Crippen molar-refractivity contribution in [3.8, 4) is 0 Å². The topological polar surface area (TPSA) is 69.4 Å². The van der Waals surface area contributed by atoms with Crippen molar-refractivity contribution in [2.45, 2.75) is 47.9 Å². The second kappa shape index (κ2) is 4.91. The number of hydrogen-bond donors (Lipinski definition) is 1. The number of ether oxygens (including phenoxy) is 1. The molecule has 1 heterocycles. The van der Waals surface area contributed by atoms with Gasteiger partial charge in [-0.25, -0.2) is 17.2 Å². The third kappa shape index (κ3) is 2.42. The Bertz CT molecular complexity index is 648. The van der Waals surface area contributed by atoms with Crippen LogP contribution in [0.2, 0.25) is 0 Å². The van der Waals surface area contributed by atoms with Crippen molar-refractivity contribution >= 4 is 15.5 Å². The van der Waals surface area contributed by atoms with Crippen LogP contribution in [0.3, 0.4) is 0 Å². The first kappa shape index (κ1) is 14.7. The first-order chi connectivity index (χ1) is 9.84. The van der Waals surface area contributed by atoms with Gasteiger partial charge in [0.1, 0.15) is 16.5 Å². The zero-order valence-electron chi connectivity index (χ0n) is 11.4. The Balaban J connectivity index is 1.97. The summed E-state index contributed by atoms with van der Waals surface area (Å²) in [5.41, 5.74) is 4.79. The van der Waals surface area contributed by atoms with Crippen LogP contribution in [0.1, 0.15) is 32.1 Å². The van der Waals surface area contributed by atoms with Crippen molar-refractivity contribution in [2.24, 2.45) is 0 Å². The second-order valence-electron chi connectivity index (χ2n) is 5.86. The molecule has 2 aliphatic rings. The summed E-state index contributed by atoms with van der Waals surface area (Å²) in [5.74, 6) is -2.25. The molecule has 1 aromatic carbocycles. The fourth-order valence-corrected chi connectivity index (χ4v) is 5.11. The van der Waals surface area contributed by atoms with Crippen molar-refractivity contribution in [3.05, 3.63) is 23.8 Å². The fraction of sp³-hybridized carbons (Fsp3) is 0.571. The molecule has 1 atom stereocenters. The summed E-state index contributed by atoms with van der Waals surface area (Å²) in [6, 6.07) is 1.68. The van der Waals surface area contributed by atoms with Crippen molar-refractivity contribution in [3.63, 3.8) is 0 Å². The van der Waals surface area contributed by atoms with Gasteiger partial charge in [-0.05, 0) is 44.2 Å². The first-order valence-electron chi connectivity index (χ1n) is 6.96. The van der Waals surface area contributed by atoms with Crippen LogP contribution in [0, 0.1) is 11.6 Å². The number of rotatable bonds is 2. The minimum atomic E-state index is -4.07. The van der Waals surface area contributed by atoms with E-state index in [4.69, 9.17) is 10.5 Å². The van der Waals surface area contributed by atoms with Crippen molar-refractivity contribution < 1.29 is 21.9 Å². The lowest BCUT2D eigenvalue weighted by molar-refractivity contribution is -0.125. The maximum atomic E-state index is 13.9. The number of hydrogen-bond acceptors (Lipinski definition) is 4. The maximum absolute atomic E-state index is 13.9. The minimum absolute atomic E-state index is 0.133. The van der Waals surface area contributed by atoms with E-state index in [9.17, 15) is 17.2 Å². The Morgan fingerprint density at radius 3 is 2.38 bits per heavy atom. The summed E-state index contributed by atoms with van der Waals surface area (Å²) >= 11 is 0. The molecule has 0 amide bonds. The minimum Gasteiger partial charge on any atom is -0.399 e. The third-order valence-electron chi connectivity index (χ3n) is 4.46. The molecule has 21 heavy (non-hydrogen) atoms. The number of anilines is 1. The SMILES string of the molecule is Nc1cc(F)c(S(=O)(=O)C2CCOC3(CCC3)C2)c(F)c1. The van der Waals surface area contributed by atoms with Gasteiger partial charge in [-0.2, -0.15) is 0 Å². The first-order valence-corrected chi connectivity index (χ1v) is 8.51. The van der Waals surface area contributed by atoms with Gasteiger partial charge in [0, 0.05) is 12.3 Å². The second-order valence-corrected chi connectivity index (χ2v) is 8.02. The molecule has 2 N–H and O–H groups in total. The monoisotopic (exact) mass is 317 g/mol. The van der Waals surface area contributed by atoms with Crippen LogP contribution in [0.25, 0.3) is 0 Å². The summed E-state index contributed by atoms with van der Waals surface area (Å²) in [5, 5.41) is -0.806. The van der Waals surface area contributed by atoms with Gasteiger partial charge in [0.05, 0.1) is 10.9 Å². The number of nitrogens with two attached hydrogens (primary N) is 1. The van der Waals surface area contributed by atoms with E-state index in [-0.39, 0.29) is 12.1 Å². The predicted molar refractivity (Wildman–Crippen MR) is 73.5 cm³/mol. The molecule has 0 radical (unpaired) electrons. The summed E-state index contributed by atoms with van der Waals surface area (Å²) in [7, 11) is -4.07. The van der Waals surface area contributed by atoms with Gasteiger partial charge >= 0.3 is 0 Å². The summed E-state index contributed by atoms with van der Waals surface area (Å²) in [4.78, 5) is -0.863. The van der Waals surface area contributed by atoms with Crippen LogP contribution in [-0.2, 0) is 14.6 Å². The number of nitrogen functional groups attached to an aromatic ring is 1. The molecule has 1 saturated carbocycles. The molecule has 1 aliphatic heterocycles. The van der Waals surface area contributed by atoms with Gasteiger partial charge in [0.25, 0.3) is 0 Å². The van der Waals surface area contributed by atoms with E-state index in [1.54, 1.807) is 0 Å². The molecule has 1 saturated heterocycles. The van der Waals surface area contributed by atoms with Crippen molar-refractivity contribution in [1.29, 1.82) is 0 Å². The highest BCUT2D eigenvalue weighted by Crippen LogP contribution is 2.45. The molecule has 1 aromatic rings. The van der Waals surface area contributed by atoms with Gasteiger partial charge in [0.15, 0.2) is 9.84 Å². The lowest BCUT2D eigenvalue weighted by Crippen LogP contribution is -2.49. The number of benzene rings is 1. The highest BCUT2D eigenvalue weighted by atomic mass is 32.2. The molecule has 3 rings (SSSR count). The van der Waals surface area contributed by atoms with Gasteiger partial charge in [-0.3, -0.25) is 0 Å². The molecule has 0 aromatic heterocycles.